The van der Waals surface area contributed by atoms with E-state index in [2.05, 4.69) is 4.90 Å². The highest BCUT2D eigenvalue weighted by Gasteiger charge is 2.42. The molecular formula is C13H24N2O3. The Morgan fingerprint density at radius 1 is 1.33 bits per heavy atom. The molecule has 2 saturated heterocycles. The van der Waals surface area contributed by atoms with Gasteiger partial charge in [0.25, 0.3) is 0 Å². The predicted molar refractivity (Wildman–Crippen MR) is 68.4 cm³/mol. The monoisotopic (exact) mass is 256 g/mol. The number of ether oxygens (including phenoxy) is 1. The lowest BCUT2D eigenvalue weighted by Crippen LogP contribution is -2.58. The van der Waals surface area contributed by atoms with Gasteiger partial charge in [-0.2, -0.15) is 0 Å². The molecule has 0 spiro atoms. The van der Waals surface area contributed by atoms with Gasteiger partial charge < -0.3 is 14.7 Å². The molecule has 2 aliphatic rings. The minimum atomic E-state index is -0.455. The Balaban J connectivity index is 2.01. The summed E-state index contributed by atoms with van der Waals surface area (Å²) in [6.07, 6.45) is 0.257. The molecule has 5 nitrogen and oxygen atoms in total. The van der Waals surface area contributed by atoms with E-state index in [4.69, 9.17) is 4.74 Å². The summed E-state index contributed by atoms with van der Waals surface area (Å²) in [6, 6.07) is 0.368. The first-order valence-electron chi connectivity index (χ1n) is 6.69. The maximum Gasteiger partial charge on any atom is 0.410 e. The molecule has 1 N–H and O–H groups in total. The maximum atomic E-state index is 12.1. The van der Waals surface area contributed by atoms with Gasteiger partial charge in [0.1, 0.15) is 5.60 Å². The molecule has 5 heteroatoms. The number of amides is 1. The number of rotatable bonds is 0. The lowest BCUT2D eigenvalue weighted by Gasteiger charge is -2.43. The predicted octanol–water partition coefficient (Wildman–Crippen LogP) is 1.06. The van der Waals surface area contributed by atoms with Crippen molar-refractivity contribution in [3.05, 3.63) is 0 Å². The molecule has 2 fully saturated rings. The zero-order valence-corrected chi connectivity index (χ0v) is 11.7. The van der Waals surface area contributed by atoms with E-state index in [1.807, 2.05) is 27.7 Å². The zero-order valence-electron chi connectivity index (χ0n) is 11.7. The van der Waals surface area contributed by atoms with Gasteiger partial charge in [0.05, 0.1) is 6.10 Å². The molecule has 0 radical (unpaired) electrons. The summed E-state index contributed by atoms with van der Waals surface area (Å²) < 4.78 is 5.43. The summed E-state index contributed by atoms with van der Waals surface area (Å²) in [4.78, 5) is 16.2. The number of fused-ring (bicyclic) bond motifs is 1. The lowest BCUT2D eigenvalue weighted by molar-refractivity contribution is -0.00768. The summed E-state index contributed by atoms with van der Waals surface area (Å²) in [5.74, 6) is 0. The Hall–Kier alpha value is -0.810. The molecule has 2 aliphatic heterocycles. The number of carbonyl (C=O) groups is 1. The van der Waals surface area contributed by atoms with Crippen LogP contribution in [0.15, 0.2) is 0 Å². The third-order valence-corrected chi connectivity index (χ3v) is 3.73. The average Bonchev–Trinajstić information content (AvgIpc) is 2.57. The van der Waals surface area contributed by atoms with Crippen LogP contribution in [0.3, 0.4) is 0 Å². The number of piperazine rings is 1. The average molecular weight is 256 g/mol. The highest BCUT2D eigenvalue weighted by Crippen LogP contribution is 2.28. The standard InChI is InChI=1S/C13H24N2O3/c1-9-11-7-10(16)8-14(11)5-6-15(9)12(17)18-13(2,3)4/h9-11,16H,5-8H2,1-4H3/t9-,10+,11-/m0/s1. The number of hydrogen-bond acceptors (Lipinski definition) is 4. The zero-order chi connectivity index (χ0) is 13.5. The molecule has 3 atom stereocenters. The van der Waals surface area contributed by atoms with Crippen LogP contribution in [0.5, 0.6) is 0 Å². The Morgan fingerprint density at radius 3 is 2.61 bits per heavy atom. The molecule has 0 aliphatic carbocycles. The van der Waals surface area contributed by atoms with Crippen molar-refractivity contribution in [1.82, 2.24) is 9.80 Å². The molecule has 2 heterocycles. The first kappa shape index (κ1) is 13.6. The van der Waals surface area contributed by atoms with Crippen molar-refractivity contribution in [2.24, 2.45) is 0 Å². The van der Waals surface area contributed by atoms with Gasteiger partial charge in [0, 0.05) is 31.7 Å². The molecular weight excluding hydrogens is 232 g/mol. The van der Waals surface area contributed by atoms with Crippen molar-refractivity contribution in [3.8, 4) is 0 Å². The van der Waals surface area contributed by atoms with E-state index in [1.54, 1.807) is 4.90 Å². The van der Waals surface area contributed by atoms with Crippen LogP contribution in [0.2, 0.25) is 0 Å². The number of hydrogen-bond donors (Lipinski definition) is 1. The van der Waals surface area contributed by atoms with Crippen LogP contribution in [-0.4, -0.2) is 64.4 Å². The fourth-order valence-electron chi connectivity index (χ4n) is 2.89. The Bertz CT molecular complexity index is 327. The van der Waals surface area contributed by atoms with Gasteiger partial charge in [0.15, 0.2) is 0 Å². The van der Waals surface area contributed by atoms with Gasteiger partial charge >= 0.3 is 6.09 Å². The summed E-state index contributed by atoms with van der Waals surface area (Å²) in [7, 11) is 0. The van der Waals surface area contributed by atoms with E-state index in [0.29, 0.717) is 6.54 Å². The second-order valence-corrected chi connectivity index (χ2v) is 6.37. The highest BCUT2D eigenvalue weighted by molar-refractivity contribution is 5.68. The molecule has 18 heavy (non-hydrogen) atoms. The molecule has 0 unspecified atom stereocenters. The van der Waals surface area contributed by atoms with Crippen LogP contribution in [-0.2, 0) is 4.74 Å². The molecule has 1 amide bonds. The van der Waals surface area contributed by atoms with Gasteiger partial charge in [-0.3, -0.25) is 4.90 Å². The van der Waals surface area contributed by atoms with E-state index >= 15 is 0 Å². The van der Waals surface area contributed by atoms with E-state index in [-0.39, 0.29) is 24.3 Å². The Labute approximate surface area is 109 Å². The van der Waals surface area contributed by atoms with Gasteiger partial charge in [-0.15, -0.1) is 0 Å². The first-order chi connectivity index (χ1) is 8.28. The van der Waals surface area contributed by atoms with Gasteiger partial charge in [-0.05, 0) is 34.1 Å². The van der Waals surface area contributed by atoms with Crippen LogP contribution in [0.4, 0.5) is 4.79 Å². The third kappa shape index (κ3) is 2.78. The van der Waals surface area contributed by atoms with Crippen LogP contribution in [0.25, 0.3) is 0 Å². The van der Waals surface area contributed by atoms with Crippen molar-refractivity contribution in [2.75, 3.05) is 19.6 Å². The number of aliphatic hydroxyl groups is 1. The van der Waals surface area contributed by atoms with Gasteiger partial charge in [-0.1, -0.05) is 0 Å². The number of nitrogens with zero attached hydrogens (tertiary/aromatic N) is 2. The summed E-state index contributed by atoms with van der Waals surface area (Å²) in [5.41, 5.74) is -0.455. The second kappa shape index (κ2) is 4.70. The van der Waals surface area contributed by atoms with E-state index < -0.39 is 5.60 Å². The third-order valence-electron chi connectivity index (χ3n) is 3.73. The molecule has 2 rings (SSSR count). The summed E-state index contributed by atoms with van der Waals surface area (Å²) in [5, 5.41) is 9.71. The lowest BCUT2D eigenvalue weighted by atomic mass is 10.0. The summed E-state index contributed by atoms with van der Waals surface area (Å²) >= 11 is 0. The number of aliphatic hydroxyl groups excluding tert-OH is 1. The molecule has 0 aromatic rings. The van der Waals surface area contributed by atoms with Crippen molar-refractivity contribution in [2.45, 2.75) is 57.9 Å². The Kier molecular flexibility index (Phi) is 3.56. The molecule has 0 saturated carbocycles. The van der Waals surface area contributed by atoms with Gasteiger partial charge in [0.2, 0.25) is 0 Å². The minimum Gasteiger partial charge on any atom is -0.444 e. The maximum absolute atomic E-state index is 12.1. The van der Waals surface area contributed by atoms with Crippen LogP contribution in [0.1, 0.15) is 34.1 Å². The SMILES string of the molecule is C[C@H]1[C@@H]2C[C@@H](O)CN2CCN1C(=O)OC(C)(C)C. The molecule has 0 bridgehead atoms. The highest BCUT2D eigenvalue weighted by atomic mass is 16.6. The summed E-state index contributed by atoms with van der Waals surface area (Å²) in [6.45, 7) is 9.92. The second-order valence-electron chi connectivity index (χ2n) is 6.37. The van der Waals surface area contributed by atoms with E-state index in [1.165, 1.54) is 0 Å². The normalized spacial score (nSPS) is 33.4. The Morgan fingerprint density at radius 2 is 2.00 bits per heavy atom. The smallest absolute Gasteiger partial charge is 0.410 e. The van der Waals surface area contributed by atoms with E-state index in [0.717, 1.165) is 19.5 Å². The van der Waals surface area contributed by atoms with Crippen molar-refractivity contribution in [1.29, 1.82) is 0 Å². The van der Waals surface area contributed by atoms with Crippen molar-refractivity contribution < 1.29 is 14.6 Å². The fourth-order valence-corrected chi connectivity index (χ4v) is 2.89. The number of carbonyl (C=O) groups excluding carboxylic acids is 1. The first-order valence-corrected chi connectivity index (χ1v) is 6.69. The van der Waals surface area contributed by atoms with E-state index in [9.17, 15) is 9.90 Å². The molecule has 0 aromatic carbocycles. The largest absolute Gasteiger partial charge is 0.444 e. The fraction of sp³-hybridized carbons (Fsp3) is 0.923. The van der Waals surface area contributed by atoms with Crippen LogP contribution in [0, 0.1) is 0 Å². The molecule has 0 aromatic heterocycles. The van der Waals surface area contributed by atoms with Gasteiger partial charge in [-0.25, -0.2) is 4.79 Å². The molecule has 104 valence electrons. The van der Waals surface area contributed by atoms with Crippen molar-refractivity contribution >= 4 is 6.09 Å². The van der Waals surface area contributed by atoms with Crippen LogP contribution < -0.4 is 0 Å². The van der Waals surface area contributed by atoms with Crippen LogP contribution >= 0.6 is 0 Å². The topological polar surface area (TPSA) is 53.0 Å². The quantitative estimate of drug-likeness (QED) is 0.704. The van der Waals surface area contributed by atoms with Crippen molar-refractivity contribution in [3.63, 3.8) is 0 Å². The minimum absolute atomic E-state index is 0.103.